The van der Waals surface area contributed by atoms with Crippen molar-refractivity contribution in [3.63, 3.8) is 0 Å². The molecular formula is C20H23N7O2. The molecule has 9 nitrogen and oxygen atoms in total. The molecule has 1 amide bonds. The normalized spacial score (nSPS) is 16.4. The molecule has 0 aliphatic carbocycles. The van der Waals surface area contributed by atoms with Gasteiger partial charge in [-0.3, -0.25) is 4.79 Å². The number of benzene rings is 1. The Morgan fingerprint density at radius 3 is 2.79 bits per heavy atom. The van der Waals surface area contributed by atoms with Crippen LogP contribution in [0.2, 0.25) is 0 Å². The van der Waals surface area contributed by atoms with Crippen LogP contribution in [0.3, 0.4) is 0 Å². The van der Waals surface area contributed by atoms with E-state index in [-0.39, 0.29) is 11.8 Å². The molecule has 4 rings (SSSR count). The molecule has 1 aromatic carbocycles. The van der Waals surface area contributed by atoms with Gasteiger partial charge in [-0.05, 0) is 31.0 Å². The minimum atomic E-state index is -0.0877. The lowest BCUT2D eigenvalue weighted by Crippen LogP contribution is -2.43. The van der Waals surface area contributed by atoms with Crippen LogP contribution in [0.15, 0.2) is 49.1 Å². The molecule has 3 heterocycles. The summed E-state index contributed by atoms with van der Waals surface area (Å²) in [5.41, 5.74) is 0.964. The van der Waals surface area contributed by atoms with Gasteiger partial charge in [-0.15, -0.1) is 10.2 Å². The van der Waals surface area contributed by atoms with Crippen LogP contribution in [0.4, 0.5) is 5.82 Å². The predicted molar refractivity (Wildman–Crippen MR) is 107 cm³/mol. The summed E-state index contributed by atoms with van der Waals surface area (Å²) in [4.78, 5) is 18.7. The van der Waals surface area contributed by atoms with Crippen molar-refractivity contribution < 1.29 is 9.53 Å². The number of ether oxygens (including phenoxy) is 1. The Kier molecular flexibility index (Phi) is 5.64. The summed E-state index contributed by atoms with van der Waals surface area (Å²) >= 11 is 0. The van der Waals surface area contributed by atoms with E-state index in [4.69, 9.17) is 4.74 Å². The number of aromatic nitrogens is 5. The van der Waals surface area contributed by atoms with E-state index in [1.165, 1.54) is 6.33 Å². The summed E-state index contributed by atoms with van der Waals surface area (Å²) in [6.07, 6.45) is 4.82. The summed E-state index contributed by atoms with van der Waals surface area (Å²) in [5, 5.41) is 15.6. The Balaban J connectivity index is 1.37. The third kappa shape index (κ3) is 4.34. The molecule has 1 atom stereocenters. The van der Waals surface area contributed by atoms with Gasteiger partial charge in [0, 0.05) is 25.2 Å². The highest BCUT2D eigenvalue weighted by atomic mass is 16.5. The second-order valence-corrected chi connectivity index (χ2v) is 6.90. The fourth-order valence-corrected chi connectivity index (χ4v) is 3.51. The van der Waals surface area contributed by atoms with E-state index >= 15 is 0 Å². The number of piperidine rings is 1. The molecule has 2 aromatic heterocycles. The quantitative estimate of drug-likeness (QED) is 0.679. The van der Waals surface area contributed by atoms with Crippen molar-refractivity contribution in [3.8, 4) is 11.6 Å². The van der Waals surface area contributed by atoms with Gasteiger partial charge >= 0.3 is 0 Å². The van der Waals surface area contributed by atoms with Crippen molar-refractivity contribution in [2.45, 2.75) is 19.4 Å². The Morgan fingerprint density at radius 2 is 2.03 bits per heavy atom. The molecule has 1 unspecified atom stereocenters. The van der Waals surface area contributed by atoms with Crippen LogP contribution in [0.25, 0.3) is 5.82 Å². The van der Waals surface area contributed by atoms with Crippen LogP contribution in [0, 0.1) is 5.92 Å². The summed E-state index contributed by atoms with van der Waals surface area (Å²) in [6, 6.07) is 11.5. The molecule has 1 saturated heterocycles. The van der Waals surface area contributed by atoms with E-state index in [0.717, 1.165) is 36.5 Å². The lowest BCUT2D eigenvalue weighted by molar-refractivity contribution is -0.125. The fourth-order valence-electron chi connectivity index (χ4n) is 3.51. The van der Waals surface area contributed by atoms with Crippen LogP contribution in [0.1, 0.15) is 18.4 Å². The number of anilines is 1. The van der Waals surface area contributed by atoms with Gasteiger partial charge in [0.25, 0.3) is 0 Å². The van der Waals surface area contributed by atoms with E-state index in [1.807, 2.05) is 36.4 Å². The Labute approximate surface area is 168 Å². The van der Waals surface area contributed by atoms with Gasteiger partial charge in [-0.25, -0.2) is 9.67 Å². The molecule has 0 spiro atoms. The van der Waals surface area contributed by atoms with Gasteiger partial charge < -0.3 is 15.0 Å². The second kappa shape index (κ2) is 8.68. The molecular weight excluding hydrogens is 370 g/mol. The zero-order valence-electron chi connectivity index (χ0n) is 16.2. The minimum Gasteiger partial charge on any atom is -0.496 e. The highest BCUT2D eigenvalue weighted by molar-refractivity contribution is 5.79. The molecule has 0 bridgehead atoms. The van der Waals surface area contributed by atoms with Gasteiger partial charge in [-0.1, -0.05) is 18.2 Å². The summed E-state index contributed by atoms with van der Waals surface area (Å²) in [6.45, 7) is 1.93. The number of carbonyl (C=O) groups excluding carboxylic acids is 1. The van der Waals surface area contributed by atoms with Gasteiger partial charge in [0.05, 0.1) is 13.0 Å². The number of hydrogen-bond donors (Lipinski definition) is 1. The summed E-state index contributed by atoms with van der Waals surface area (Å²) in [5.74, 6) is 2.11. The first-order valence-electron chi connectivity index (χ1n) is 9.58. The molecule has 1 aliphatic rings. The molecule has 29 heavy (non-hydrogen) atoms. The van der Waals surface area contributed by atoms with Crippen molar-refractivity contribution >= 4 is 11.7 Å². The maximum Gasteiger partial charge on any atom is 0.225 e. The average molecular weight is 393 g/mol. The van der Waals surface area contributed by atoms with Crippen molar-refractivity contribution in [3.05, 3.63) is 54.6 Å². The first-order valence-corrected chi connectivity index (χ1v) is 9.58. The van der Waals surface area contributed by atoms with Crippen LogP contribution in [-0.2, 0) is 11.3 Å². The molecule has 1 fully saturated rings. The van der Waals surface area contributed by atoms with Crippen LogP contribution < -0.4 is 15.0 Å². The van der Waals surface area contributed by atoms with Crippen molar-refractivity contribution in [1.82, 2.24) is 30.3 Å². The van der Waals surface area contributed by atoms with Gasteiger partial charge in [0.1, 0.15) is 18.4 Å². The largest absolute Gasteiger partial charge is 0.496 e. The van der Waals surface area contributed by atoms with Crippen molar-refractivity contribution in [2.24, 2.45) is 5.92 Å². The SMILES string of the molecule is COc1ccccc1CNC(=O)C1CCCN(c2ccc(-n3cncn3)nn2)C1. The number of para-hydroxylation sites is 1. The third-order valence-electron chi connectivity index (χ3n) is 5.05. The number of methoxy groups -OCH3 is 1. The number of carbonyl (C=O) groups is 1. The first kappa shape index (κ1) is 18.9. The predicted octanol–water partition coefficient (Wildman–Crippen LogP) is 1.60. The molecule has 3 aromatic rings. The third-order valence-corrected chi connectivity index (χ3v) is 5.05. The summed E-state index contributed by atoms with van der Waals surface area (Å²) in [7, 11) is 1.63. The van der Waals surface area contributed by atoms with Crippen molar-refractivity contribution in [2.75, 3.05) is 25.1 Å². The standard InChI is InChI=1S/C20H23N7O2/c1-29-17-7-3-2-5-15(17)11-22-20(28)16-6-4-10-26(12-16)18-8-9-19(25-24-18)27-14-21-13-23-27/h2-3,5,7-9,13-14,16H,4,6,10-12H2,1H3,(H,22,28). The van der Waals surface area contributed by atoms with Crippen LogP contribution in [0.5, 0.6) is 5.75 Å². The van der Waals surface area contributed by atoms with E-state index < -0.39 is 0 Å². The highest BCUT2D eigenvalue weighted by Gasteiger charge is 2.26. The Bertz CT molecular complexity index is 944. The highest BCUT2D eigenvalue weighted by Crippen LogP contribution is 2.22. The zero-order valence-corrected chi connectivity index (χ0v) is 16.2. The Hall–Kier alpha value is -3.49. The second-order valence-electron chi connectivity index (χ2n) is 6.90. The monoisotopic (exact) mass is 393 g/mol. The topological polar surface area (TPSA) is 98.1 Å². The lowest BCUT2D eigenvalue weighted by Gasteiger charge is -2.32. The number of rotatable bonds is 6. The Morgan fingerprint density at radius 1 is 1.21 bits per heavy atom. The maximum absolute atomic E-state index is 12.7. The number of nitrogens with zero attached hydrogens (tertiary/aromatic N) is 6. The fraction of sp³-hybridized carbons (Fsp3) is 0.350. The molecule has 1 aliphatic heterocycles. The number of hydrogen-bond acceptors (Lipinski definition) is 7. The first-order chi connectivity index (χ1) is 14.2. The van der Waals surface area contributed by atoms with Gasteiger partial charge in [0.2, 0.25) is 5.91 Å². The number of nitrogens with one attached hydrogen (secondary N) is 1. The molecule has 9 heteroatoms. The number of amides is 1. The summed E-state index contributed by atoms with van der Waals surface area (Å²) < 4.78 is 6.91. The van der Waals surface area contributed by atoms with Gasteiger partial charge in [0.15, 0.2) is 11.6 Å². The molecule has 0 radical (unpaired) electrons. The molecule has 150 valence electrons. The maximum atomic E-state index is 12.7. The van der Waals surface area contributed by atoms with E-state index in [2.05, 4.69) is 30.5 Å². The van der Waals surface area contributed by atoms with E-state index in [0.29, 0.717) is 18.9 Å². The molecule has 0 saturated carbocycles. The van der Waals surface area contributed by atoms with Gasteiger partial charge in [-0.2, -0.15) is 5.10 Å². The zero-order chi connectivity index (χ0) is 20.1. The van der Waals surface area contributed by atoms with E-state index in [1.54, 1.807) is 18.1 Å². The van der Waals surface area contributed by atoms with E-state index in [9.17, 15) is 4.79 Å². The van der Waals surface area contributed by atoms with Crippen LogP contribution in [-0.4, -0.2) is 51.1 Å². The smallest absolute Gasteiger partial charge is 0.225 e. The minimum absolute atomic E-state index is 0.0489. The van der Waals surface area contributed by atoms with Crippen LogP contribution >= 0.6 is 0 Å². The lowest BCUT2D eigenvalue weighted by atomic mass is 9.97. The van der Waals surface area contributed by atoms with Crippen molar-refractivity contribution in [1.29, 1.82) is 0 Å². The average Bonchev–Trinajstić information content (AvgIpc) is 3.33. The molecule has 1 N–H and O–H groups in total.